The van der Waals surface area contributed by atoms with Crippen LogP contribution in [0.1, 0.15) is 27.3 Å². The van der Waals surface area contributed by atoms with Crippen molar-refractivity contribution < 1.29 is 4.79 Å². The molecule has 0 unspecified atom stereocenters. The summed E-state index contributed by atoms with van der Waals surface area (Å²) in [5, 5.41) is 0.178. The summed E-state index contributed by atoms with van der Waals surface area (Å²) in [4.78, 5) is 30.7. The first-order valence-electron chi connectivity index (χ1n) is 7.47. The van der Waals surface area contributed by atoms with Crippen LogP contribution < -0.4 is 5.56 Å². The van der Waals surface area contributed by atoms with E-state index in [1.807, 2.05) is 34.0 Å². The third-order valence-corrected chi connectivity index (χ3v) is 4.07. The number of aromatic nitrogens is 2. The predicted octanol–water partition coefficient (Wildman–Crippen LogP) is 3.07. The van der Waals surface area contributed by atoms with Crippen LogP contribution in [-0.4, -0.2) is 34.3 Å². The molecule has 0 aliphatic rings. The maximum atomic E-state index is 12.6. The molecule has 0 saturated carbocycles. The van der Waals surface area contributed by atoms with Gasteiger partial charge in [0.05, 0.1) is 5.69 Å². The highest BCUT2D eigenvalue weighted by molar-refractivity contribution is 6.31. The number of hydrogen-bond donors (Lipinski definition) is 0. The number of ketones is 1. The fourth-order valence-corrected chi connectivity index (χ4v) is 2.50. The van der Waals surface area contributed by atoms with Gasteiger partial charge in [0.15, 0.2) is 0 Å². The lowest BCUT2D eigenvalue weighted by atomic mass is 10.1. The van der Waals surface area contributed by atoms with Crippen molar-refractivity contribution in [3.05, 3.63) is 68.5 Å². The first-order valence-corrected chi connectivity index (χ1v) is 7.85. The lowest BCUT2D eigenvalue weighted by Crippen LogP contribution is -2.23. The van der Waals surface area contributed by atoms with E-state index in [9.17, 15) is 9.59 Å². The van der Waals surface area contributed by atoms with E-state index in [2.05, 4.69) is 4.98 Å². The second-order valence-corrected chi connectivity index (χ2v) is 6.30. The number of carbonyl (C=O) groups excluding carboxylic acids is 1. The van der Waals surface area contributed by atoms with Gasteiger partial charge >= 0.3 is 0 Å². The highest BCUT2D eigenvalue weighted by Gasteiger charge is 2.14. The predicted molar refractivity (Wildman–Crippen MR) is 96.2 cm³/mol. The third-order valence-electron chi connectivity index (χ3n) is 3.61. The highest BCUT2D eigenvalue weighted by Crippen LogP contribution is 2.19. The van der Waals surface area contributed by atoms with Crippen molar-refractivity contribution in [1.29, 1.82) is 0 Å². The van der Waals surface area contributed by atoms with Crippen LogP contribution in [-0.2, 0) is 0 Å². The minimum atomic E-state index is -0.300. The molecule has 6 heteroatoms. The van der Waals surface area contributed by atoms with Crippen molar-refractivity contribution >= 4 is 17.4 Å². The fraction of sp³-hybridized carbons (Fsp3) is 0.278. The molecular formula is C18H20ClN3O2. The first-order chi connectivity index (χ1) is 11.2. The van der Waals surface area contributed by atoms with Crippen LogP contribution in [0.5, 0.6) is 0 Å². The van der Waals surface area contributed by atoms with Gasteiger partial charge < -0.3 is 4.90 Å². The van der Waals surface area contributed by atoms with E-state index in [1.165, 1.54) is 10.6 Å². The summed E-state index contributed by atoms with van der Waals surface area (Å²) in [5.74, 6) is -0.228. The first kappa shape index (κ1) is 17.9. The van der Waals surface area contributed by atoms with Gasteiger partial charge in [-0.1, -0.05) is 11.6 Å². The molecule has 0 radical (unpaired) electrons. The molecule has 0 spiro atoms. The maximum Gasteiger partial charge on any atom is 0.274 e. The Morgan fingerprint density at radius 2 is 1.88 bits per heavy atom. The average molecular weight is 346 g/mol. The average Bonchev–Trinajstić information content (AvgIpc) is 2.52. The monoisotopic (exact) mass is 345 g/mol. The number of allylic oxidation sites excluding steroid dienone is 1. The zero-order chi connectivity index (χ0) is 18.0. The van der Waals surface area contributed by atoms with Crippen LogP contribution in [0.4, 0.5) is 0 Å². The second-order valence-electron chi connectivity index (χ2n) is 5.92. The Morgan fingerprint density at radius 3 is 2.50 bits per heavy atom. The van der Waals surface area contributed by atoms with Gasteiger partial charge in [-0.3, -0.25) is 19.1 Å². The summed E-state index contributed by atoms with van der Waals surface area (Å²) in [7, 11) is 3.66. The van der Waals surface area contributed by atoms with Gasteiger partial charge in [0, 0.05) is 38.3 Å². The second kappa shape index (κ2) is 7.01. The van der Waals surface area contributed by atoms with E-state index < -0.39 is 0 Å². The zero-order valence-corrected chi connectivity index (χ0v) is 15.2. The number of carbonyl (C=O) groups is 1. The fourth-order valence-electron chi connectivity index (χ4n) is 2.36. The van der Waals surface area contributed by atoms with Crippen LogP contribution in [0.2, 0.25) is 5.02 Å². The molecule has 2 heterocycles. The molecule has 5 nitrogen and oxygen atoms in total. The molecule has 0 fully saturated rings. The maximum absolute atomic E-state index is 12.6. The molecule has 126 valence electrons. The summed E-state index contributed by atoms with van der Waals surface area (Å²) >= 11 is 6.11. The van der Waals surface area contributed by atoms with Gasteiger partial charge in [0.2, 0.25) is 5.78 Å². The van der Waals surface area contributed by atoms with Crippen molar-refractivity contribution in [2.75, 3.05) is 14.1 Å². The van der Waals surface area contributed by atoms with Crippen LogP contribution in [0.25, 0.3) is 5.69 Å². The third kappa shape index (κ3) is 3.57. The van der Waals surface area contributed by atoms with E-state index in [4.69, 9.17) is 11.6 Å². The topological polar surface area (TPSA) is 55.2 Å². The van der Waals surface area contributed by atoms with E-state index in [1.54, 1.807) is 30.3 Å². The molecular weight excluding hydrogens is 326 g/mol. The lowest BCUT2D eigenvalue weighted by Gasteiger charge is -2.15. The van der Waals surface area contributed by atoms with Gasteiger partial charge in [-0.2, -0.15) is 0 Å². The van der Waals surface area contributed by atoms with E-state index in [0.29, 0.717) is 5.69 Å². The Bertz CT molecular complexity index is 883. The molecule has 0 bridgehead atoms. The highest BCUT2D eigenvalue weighted by atomic mass is 35.5. The Labute approximate surface area is 146 Å². The molecule has 0 saturated heterocycles. The molecule has 0 aliphatic carbocycles. The molecule has 24 heavy (non-hydrogen) atoms. The van der Waals surface area contributed by atoms with Crippen LogP contribution in [0, 0.1) is 20.8 Å². The van der Waals surface area contributed by atoms with Crippen molar-refractivity contribution in [2.45, 2.75) is 20.8 Å². The Hall–Kier alpha value is -2.40. The van der Waals surface area contributed by atoms with Gasteiger partial charge in [-0.15, -0.1) is 0 Å². The number of halogens is 1. The van der Waals surface area contributed by atoms with Crippen molar-refractivity contribution in [2.24, 2.45) is 0 Å². The lowest BCUT2D eigenvalue weighted by molar-refractivity contribution is 0.104. The number of nitrogens with zero attached hydrogens (tertiary/aromatic N) is 3. The minimum Gasteiger partial charge on any atom is -0.383 e. The molecule has 0 aromatic carbocycles. The number of pyridine rings is 2. The molecule has 2 rings (SSSR count). The van der Waals surface area contributed by atoms with E-state index >= 15 is 0 Å². The summed E-state index contributed by atoms with van der Waals surface area (Å²) in [6.45, 7) is 5.46. The Morgan fingerprint density at radius 1 is 1.21 bits per heavy atom. The molecule has 2 aromatic heterocycles. The van der Waals surface area contributed by atoms with Gasteiger partial charge in [0.25, 0.3) is 5.56 Å². The Kier molecular flexibility index (Phi) is 5.24. The minimum absolute atomic E-state index is 0.178. The van der Waals surface area contributed by atoms with Gasteiger partial charge in [-0.05, 0) is 44.0 Å². The summed E-state index contributed by atoms with van der Waals surface area (Å²) in [6.07, 6.45) is 4.69. The quantitative estimate of drug-likeness (QED) is 0.631. The summed E-state index contributed by atoms with van der Waals surface area (Å²) in [5.41, 5.74) is 2.84. The summed E-state index contributed by atoms with van der Waals surface area (Å²) in [6, 6.07) is 3.47. The normalized spacial score (nSPS) is 11.1. The summed E-state index contributed by atoms with van der Waals surface area (Å²) < 4.78 is 1.51. The molecule has 0 amide bonds. The van der Waals surface area contributed by atoms with Gasteiger partial charge in [-0.25, -0.2) is 0 Å². The molecule has 0 aliphatic heterocycles. The SMILES string of the molecule is Cc1cnc(C(=O)/C=C/N(C)C)cc1-n1c(C)cc(C)c(Cl)c1=O. The van der Waals surface area contributed by atoms with Crippen molar-refractivity contribution in [3.63, 3.8) is 0 Å². The molecule has 0 N–H and O–H groups in total. The smallest absolute Gasteiger partial charge is 0.274 e. The largest absolute Gasteiger partial charge is 0.383 e. The van der Waals surface area contributed by atoms with Crippen LogP contribution in [0.3, 0.4) is 0 Å². The van der Waals surface area contributed by atoms with E-state index in [-0.39, 0.29) is 22.1 Å². The Balaban J connectivity index is 2.61. The number of rotatable bonds is 4. The van der Waals surface area contributed by atoms with Crippen molar-refractivity contribution in [1.82, 2.24) is 14.5 Å². The molecule has 2 aromatic rings. The standard InChI is InChI=1S/C18H20ClN3O2/c1-11-8-13(3)22(18(24)17(11)19)15-9-14(20-10-12(15)2)16(23)6-7-21(4)5/h6-10H,1-5H3/b7-6+. The zero-order valence-electron chi connectivity index (χ0n) is 14.4. The van der Waals surface area contributed by atoms with Gasteiger partial charge in [0.1, 0.15) is 10.7 Å². The van der Waals surface area contributed by atoms with Crippen LogP contribution >= 0.6 is 11.6 Å². The van der Waals surface area contributed by atoms with E-state index in [0.717, 1.165) is 16.8 Å². The van der Waals surface area contributed by atoms with Crippen LogP contribution in [0.15, 0.2) is 35.4 Å². The number of aryl methyl sites for hydroxylation is 3. The molecule has 0 atom stereocenters. The number of hydrogen-bond acceptors (Lipinski definition) is 4. The van der Waals surface area contributed by atoms with Crippen molar-refractivity contribution in [3.8, 4) is 5.69 Å².